The Bertz CT molecular complexity index is 739. The summed E-state index contributed by atoms with van der Waals surface area (Å²) >= 11 is 6.03. The van der Waals surface area contributed by atoms with Gasteiger partial charge in [0.25, 0.3) is 5.91 Å². The second-order valence-corrected chi connectivity index (χ2v) is 8.06. The van der Waals surface area contributed by atoms with E-state index in [0.717, 1.165) is 0 Å². The quantitative estimate of drug-likeness (QED) is 0.452. The molecule has 2 amide bonds. The third-order valence-electron chi connectivity index (χ3n) is 4.44. The number of hydrogen-bond acceptors (Lipinski definition) is 5. The number of carboxylic acids is 1. The largest absolute Gasteiger partial charge is 0.491 e. The van der Waals surface area contributed by atoms with E-state index in [-0.39, 0.29) is 30.0 Å². The predicted molar refractivity (Wildman–Crippen MR) is 111 cm³/mol. The molecule has 9 heteroatoms. The number of ether oxygens (including phenoxy) is 1. The van der Waals surface area contributed by atoms with E-state index in [4.69, 9.17) is 27.2 Å². The minimum atomic E-state index is -1.17. The van der Waals surface area contributed by atoms with Gasteiger partial charge >= 0.3 is 5.97 Å². The molecule has 0 spiro atoms. The second kappa shape index (κ2) is 11.0. The van der Waals surface area contributed by atoms with Gasteiger partial charge in [0.05, 0.1) is 5.56 Å². The molecule has 0 aliphatic carbocycles. The van der Waals surface area contributed by atoms with Crippen molar-refractivity contribution in [1.82, 2.24) is 10.6 Å². The summed E-state index contributed by atoms with van der Waals surface area (Å²) in [7, 11) is 0. The van der Waals surface area contributed by atoms with Gasteiger partial charge in [-0.25, -0.2) is 0 Å². The lowest BCUT2D eigenvalue weighted by atomic mass is 10.0. The van der Waals surface area contributed by atoms with Gasteiger partial charge in [-0.2, -0.15) is 0 Å². The van der Waals surface area contributed by atoms with Gasteiger partial charge in [0.1, 0.15) is 24.4 Å². The molecule has 29 heavy (non-hydrogen) atoms. The Morgan fingerprint density at radius 2 is 1.72 bits per heavy atom. The minimum absolute atomic E-state index is 0.165. The van der Waals surface area contributed by atoms with Crippen molar-refractivity contribution in [3.8, 4) is 5.75 Å². The highest BCUT2D eigenvalue weighted by Crippen LogP contribution is 2.24. The van der Waals surface area contributed by atoms with E-state index < -0.39 is 29.9 Å². The van der Waals surface area contributed by atoms with Crippen molar-refractivity contribution in [3.05, 3.63) is 28.8 Å². The highest BCUT2D eigenvalue weighted by Gasteiger charge is 2.28. The molecule has 0 aliphatic rings. The predicted octanol–water partition coefficient (Wildman–Crippen LogP) is 2.05. The third-order valence-corrected chi connectivity index (χ3v) is 4.67. The van der Waals surface area contributed by atoms with Crippen molar-refractivity contribution in [3.63, 3.8) is 0 Å². The fraction of sp³-hybridized carbons (Fsp3) is 0.550. The van der Waals surface area contributed by atoms with E-state index in [1.54, 1.807) is 26.0 Å². The Kier molecular flexibility index (Phi) is 9.39. The van der Waals surface area contributed by atoms with Crippen molar-refractivity contribution < 1.29 is 24.2 Å². The number of benzene rings is 1. The zero-order valence-corrected chi connectivity index (χ0v) is 18.1. The summed E-state index contributed by atoms with van der Waals surface area (Å²) in [5.74, 6) is -2.10. The number of rotatable bonds is 10. The fourth-order valence-electron chi connectivity index (χ4n) is 2.30. The van der Waals surface area contributed by atoms with Gasteiger partial charge < -0.3 is 26.2 Å². The Labute approximate surface area is 176 Å². The molecule has 1 aromatic carbocycles. The molecule has 0 saturated heterocycles. The molecule has 1 rings (SSSR count). The van der Waals surface area contributed by atoms with Crippen LogP contribution < -0.4 is 21.1 Å². The van der Waals surface area contributed by atoms with Crippen LogP contribution in [0.2, 0.25) is 5.02 Å². The van der Waals surface area contributed by atoms with Crippen molar-refractivity contribution in [2.45, 2.75) is 52.7 Å². The van der Waals surface area contributed by atoms with E-state index in [0.29, 0.717) is 10.8 Å². The number of aliphatic carboxylic acids is 1. The SMILES string of the molecule is CC(C)[C@H](N)COc1ccc(Cl)cc1C(=O)N[C@H](C(=O)N[C@@H](C)C(=O)O)C(C)C. The van der Waals surface area contributed by atoms with Crippen LogP contribution in [-0.4, -0.2) is 47.6 Å². The average Bonchev–Trinajstić information content (AvgIpc) is 2.63. The minimum Gasteiger partial charge on any atom is -0.491 e. The first kappa shape index (κ1) is 24.7. The van der Waals surface area contributed by atoms with Crippen molar-refractivity contribution in [2.24, 2.45) is 17.6 Å². The lowest BCUT2D eigenvalue weighted by molar-refractivity contribution is -0.141. The number of carboxylic acid groups (broad SMARTS) is 1. The topological polar surface area (TPSA) is 131 Å². The van der Waals surface area contributed by atoms with Gasteiger partial charge in [-0.1, -0.05) is 39.3 Å². The van der Waals surface area contributed by atoms with E-state index in [1.165, 1.54) is 13.0 Å². The van der Waals surface area contributed by atoms with Crippen LogP contribution in [0.25, 0.3) is 0 Å². The number of carbonyl (C=O) groups is 3. The molecular weight excluding hydrogens is 398 g/mol. The molecule has 0 aliphatic heterocycles. The highest BCUT2D eigenvalue weighted by molar-refractivity contribution is 6.31. The molecule has 0 fully saturated rings. The summed E-state index contributed by atoms with van der Waals surface area (Å²) in [4.78, 5) is 36.3. The summed E-state index contributed by atoms with van der Waals surface area (Å²) in [5.41, 5.74) is 6.16. The summed E-state index contributed by atoms with van der Waals surface area (Å²) in [6.45, 7) is 8.98. The van der Waals surface area contributed by atoms with Crippen LogP contribution in [-0.2, 0) is 9.59 Å². The van der Waals surface area contributed by atoms with Crippen LogP contribution in [0.15, 0.2) is 18.2 Å². The molecule has 0 bridgehead atoms. The molecule has 162 valence electrons. The standard InChI is InChI=1S/C20H30ClN3O5/c1-10(2)15(22)9-29-16-7-6-13(21)8-14(16)18(25)24-17(11(3)4)19(26)23-12(5)20(27)28/h6-8,10-12,15,17H,9,22H2,1-5H3,(H,23,26)(H,24,25)(H,27,28)/t12-,15+,17-/m0/s1. The number of nitrogens with two attached hydrogens (primary N) is 1. The first-order chi connectivity index (χ1) is 13.4. The molecule has 0 heterocycles. The zero-order chi connectivity index (χ0) is 22.3. The Hall–Kier alpha value is -2.32. The smallest absolute Gasteiger partial charge is 0.325 e. The highest BCUT2D eigenvalue weighted by atomic mass is 35.5. The number of hydrogen-bond donors (Lipinski definition) is 4. The molecule has 0 radical (unpaired) electrons. The summed E-state index contributed by atoms with van der Waals surface area (Å²) in [6, 6.07) is 2.38. The van der Waals surface area contributed by atoms with Crippen LogP contribution in [0, 0.1) is 11.8 Å². The first-order valence-electron chi connectivity index (χ1n) is 9.46. The van der Waals surface area contributed by atoms with Crippen molar-refractivity contribution in [2.75, 3.05) is 6.61 Å². The van der Waals surface area contributed by atoms with E-state index in [2.05, 4.69) is 10.6 Å². The summed E-state index contributed by atoms with van der Waals surface area (Å²) in [6.07, 6.45) is 0. The zero-order valence-electron chi connectivity index (χ0n) is 17.4. The molecule has 8 nitrogen and oxygen atoms in total. The van der Waals surface area contributed by atoms with Crippen LogP contribution in [0.4, 0.5) is 0 Å². The number of amides is 2. The van der Waals surface area contributed by atoms with Gasteiger partial charge in [0.2, 0.25) is 5.91 Å². The lowest BCUT2D eigenvalue weighted by Gasteiger charge is -2.24. The summed E-state index contributed by atoms with van der Waals surface area (Å²) < 4.78 is 5.71. The molecule has 5 N–H and O–H groups in total. The lowest BCUT2D eigenvalue weighted by Crippen LogP contribution is -2.53. The van der Waals surface area contributed by atoms with Crippen molar-refractivity contribution in [1.29, 1.82) is 0 Å². The van der Waals surface area contributed by atoms with Gasteiger partial charge in [0, 0.05) is 11.1 Å². The molecule has 1 aromatic rings. The van der Waals surface area contributed by atoms with Crippen LogP contribution in [0.5, 0.6) is 5.75 Å². The van der Waals surface area contributed by atoms with Gasteiger partial charge in [0.15, 0.2) is 0 Å². The maximum Gasteiger partial charge on any atom is 0.325 e. The molecule has 0 saturated carbocycles. The van der Waals surface area contributed by atoms with Gasteiger partial charge in [-0.05, 0) is 37.0 Å². The molecule has 3 atom stereocenters. The maximum absolute atomic E-state index is 12.9. The molecule has 0 aromatic heterocycles. The average molecular weight is 428 g/mol. The summed E-state index contributed by atoms with van der Waals surface area (Å²) in [5, 5.41) is 14.3. The van der Waals surface area contributed by atoms with Gasteiger partial charge in [-0.3, -0.25) is 14.4 Å². The fourth-order valence-corrected chi connectivity index (χ4v) is 2.47. The van der Waals surface area contributed by atoms with E-state index in [9.17, 15) is 14.4 Å². The van der Waals surface area contributed by atoms with Crippen LogP contribution >= 0.6 is 11.6 Å². The van der Waals surface area contributed by atoms with E-state index in [1.807, 2.05) is 13.8 Å². The second-order valence-electron chi connectivity index (χ2n) is 7.62. The van der Waals surface area contributed by atoms with Crippen molar-refractivity contribution >= 4 is 29.4 Å². The number of halogens is 1. The number of nitrogens with one attached hydrogen (secondary N) is 2. The first-order valence-corrected chi connectivity index (χ1v) is 9.83. The molecule has 0 unspecified atom stereocenters. The Morgan fingerprint density at radius 3 is 2.24 bits per heavy atom. The monoisotopic (exact) mass is 427 g/mol. The molecular formula is C20H30ClN3O5. The number of carbonyl (C=O) groups excluding carboxylic acids is 2. The third kappa shape index (κ3) is 7.55. The van der Waals surface area contributed by atoms with E-state index >= 15 is 0 Å². The van der Waals surface area contributed by atoms with Crippen LogP contribution in [0.1, 0.15) is 45.0 Å². The maximum atomic E-state index is 12.9. The van der Waals surface area contributed by atoms with Gasteiger partial charge in [-0.15, -0.1) is 0 Å². The Morgan fingerprint density at radius 1 is 1.10 bits per heavy atom. The normalized spacial score (nSPS) is 14.2. The van der Waals surface area contributed by atoms with Crippen LogP contribution in [0.3, 0.4) is 0 Å². The Balaban J connectivity index is 3.01.